The predicted octanol–water partition coefficient (Wildman–Crippen LogP) is 3.11. The van der Waals surface area contributed by atoms with Gasteiger partial charge in [0.2, 0.25) is 0 Å². The summed E-state index contributed by atoms with van der Waals surface area (Å²) in [6.45, 7) is -0.574. The standard InChI is InChI=1S/C26H17BrF2N4O6/c1-38-25(37)26(12-22(34)39-33-21-5-3-2-4-20(21)30-31-33)18-11-16(28)8-9-17(18)23(35)32(24(26)36)13-14-6-7-15(27)10-19(14)29/h2-11H,12-13H2,1H3. The lowest BCUT2D eigenvalue weighted by atomic mass is 9.71. The molecule has 2 heterocycles. The van der Waals surface area contributed by atoms with Crippen LogP contribution in [-0.4, -0.2) is 50.9 Å². The molecule has 0 radical (unpaired) electrons. The summed E-state index contributed by atoms with van der Waals surface area (Å²) in [4.78, 5) is 60.6. The molecule has 0 spiro atoms. The third-order valence-corrected chi connectivity index (χ3v) is 6.82. The molecule has 1 aliphatic heterocycles. The van der Waals surface area contributed by atoms with Crippen LogP contribution in [0.1, 0.15) is 27.9 Å². The van der Waals surface area contributed by atoms with Crippen LogP contribution in [0.5, 0.6) is 0 Å². The molecule has 10 nitrogen and oxygen atoms in total. The minimum atomic E-state index is -2.53. The van der Waals surface area contributed by atoms with E-state index in [4.69, 9.17) is 9.57 Å². The van der Waals surface area contributed by atoms with E-state index in [1.165, 1.54) is 12.1 Å². The van der Waals surface area contributed by atoms with Crippen molar-refractivity contribution in [3.63, 3.8) is 0 Å². The maximum atomic E-state index is 14.7. The van der Waals surface area contributed by atoms with E-state index in [-0.39, 0.29) is 16.7 Å². The van der Waals surface area contributed by atoms with Crippen LogP contribution >= 0.6 is 15.9 Å². The Hall–Kier alpha value is -4.52. The van der Waals surface area contributed by atoms with Crippen LogP contribution in [-0.2, 0) is 31.1 Å². The molecule has 0 saturated heterocycles. The number of rotatable bonds is 6. The number of nitrogens with zero attached hydrogens (tertiary/aromatic N) is 4. The van der Waals surface area contributed by atoms with Gasteiger partial charge in [0, 0.05) is 15.6 Å². The number of amides is 2. The molecule has 1 unspecified atom stereocenters. The van der Waals surface area contributed by atoms with Gasteiger partial charge < -0.3 is 9.57 Å². The number of imide groups is 1. The average molecular weight is 599 g/mol. The molecule has 13 heteroatoms. The summed E-state index contributed by atoms with van der Waals surface area (Å²) in [5, 5.41) is 7.61. The summed E-state index contributed by atoms with van der Waals surface area (Å²) < 4.78 is 34.4. The smallest absolute Gasteiger partial charge is 0.337 e. The van der Waals surface area contributed by atoms with Crippen molar-refractivity contribution in [1.82, 2.24) is 20.1 Å². The molecule has 3 aromatic carbocycles. The Balaban J connectivity index is 1.60. The van der Waals surface area contributed by atoms with Crippen LogP contribution in [0.15, 0.2) is 65.1 Å². The molecule has 39 heavy (non-hydrogen) atoms. The third-order valence-electron chi connectivity index (χ3n) is 6.32. The second kappa shape index (κ2) is 9.98. The monoisotopic (exact) mass is 598 g/mol. The van der Waals surface area contributed by atoms with Crippen LogP contribution in [0.4, 0.5) is 8.78 Å². The molecule has 0 bridgehead atoms. The molecule has 4 aromatic rings. The number of aromatic nitrogens is 3. The van der Waals surface area contributed by atoms with Crippen LogP contribution < -0.4 is 4.84 Å². The minimum absolute atomic E-state index is 0.0408. The van der Waals surface area contributed by atoms with Gasteiger partial charge in [0.25, 0.3) is 11.8 Å². The molecular weight excluding hydrogens is 582 g/mol. The molecular formula is C26H17BrF2N4O6. The Kier molecular flexibility index (Phi) is 6.68. The first-order chi connectivity index (χ1) is 18.6. The summed E-state index contributed by atoms with van der Waals surface area (Å²) in [5.41, 5.74) is -2.46. The van der Waals surface area contributed by atoms with E-state index < -0.39 is 53.8 Å². The highest BCUT2D eigenvalue weighted by atomic mass is 79.9. The molecule has 0 aliphatic carbocycles. The summed E-state index contributed by atoms with van der Waals surface area (Å²) in [6.07, 6.45) is -0.990. The second-order valence-corrected chi connectivity index (χ2v) is 9.53. The zero-order chi connectivity index (χ0) is 27.9. The predicted molar refractivity (Wildman–Crippen MR) is 133 cm³/mol. The van der Waals surface area contributed by atoms with Crippen molar-refractivity contribution >= 4 is 50.7 Å². The number of carbonyl (C=O) groups is 4. The quantitative estimate of drug-likeness (QED) is 0.144. The van der Waals surface area contributed by atoms with E-state index in [0.29, 0.717) is 20.4 Å². The van der Waals surface area contributed by atoms with E-state index >= 15 is 0 Å². The molecule has 5 rings (SSSR count). The molecule has 0 N–H and O–H groups in total. The summed E-state index contributed by atoms with van der Waals surface area (Å²) in [5.74, 6) is -6.09. The largest absolute Gasteiger partial charge is 0.468 e. The first-order valence-electron chi connectivity index (χ1n) is 11.4. The van der Waals surface area contributed by atoms with Gasteiger partial charge in [0.05, 0.1) is 20.1 Å². The van der Waals surface area contributed by atoms with Gasteiger partial charge in [0.15, 0.2) is 5.41 Å². The van der Waals surface area contributed by atoms with Crippen molar-refractivity contribution in [3.05, 3.63) is 93.5 Å². The number of methoxy groups -OCH3 is 1. The topological polar surface area (TPSA) is 121 Å². The van der Waals surface area contributed by atoms with Gasteiger partial charge in [-0.25, -0.2) is 13.6 Å². The lowest BCUT2D eigenvalue weighted by Crippen LogP contribution is -2.59. The second-order valence-electron chi connectivity index (χ2n) is 8.61. The van der Waals surface area contributed by atoms with Crippen molar-refractivity contribution in [2.45, 2.75) is 18.4 Å². The van der Waals surface area contributed by atoms with Crippen molar-refractivity contribution in [2.24, 2.45) is 0 Å². The molecule has 1 atom stereocenters. The number of fused-ring (bicyclic) bond motifs is 2. The first-order valence-corrected chi connectivity index (χ1v) is 12.2. The fraction of sp³-hybridized carbons (Fsp3) is 0.154. The van der Waals surface area contributed by atoms with Crippen LogP contribution in [0.2, 0.25) is 0 Å². The fourth-order valence-corrected chi connectivity index (χ4v) is 4.81. The van der Waals surface area contributed by atoms with E-state index in [1.807, 2.05) is 0 Å². The Labute approximate surface area is 227 Å². The van der Waals surface area contributed by atoms with E-state index in [2.05, 4.69) is 26.2 Å². The Bertz CT molecular complexity index is 1680. The number of hydrogen-bond acceptors (Lipinski definition) is 8. The van der Waals surface area contributed by atoms with Crippen LogP contribution in [0.25, 0.3) is 11.0 Å². The summed E-state index contributed by atoms with van der Waals surface area (Å²) in [7, 11) is 0.974. The molecule has 0 fully saturated rings. The highest BCUT2D eigenvalue weighted by Gasteiger charge is 2.58. The van der Waals surface area contributed by atoms with Crippen LogP contribution in [0.3, 0.4) is 0 Å². The highest BCUT2D eigenvalue weighted by Crippen LogP contribution is 2.40. The van der Waals surface area contributed by atoms with Crippen molar-refractivity contribution in [1.29, 1.82) is 0 Å². The number of ether oxygens (including phenoxy) is 1. The SMILES string of the molecule is COC(=O)C1(CC(=O)On2nnc3ccccc32)C(=O)N(Cc2ccc(Br)cc2F)C(=O)c2ccc(F)cc21. The van der Waals surface area contributed by atoms with Gasteiger partial charge >= 0.3 is 11.9 Å². The zero-order valence-corrected chi connectivity index (χ0v) is 21.6. The van der Waals surface area contributed by atoms with E-state index in [0.717, 1.165) is 36.2 Å². The maximum absolute atomic E-state index is 14.7. The van der Waals surface area contributed by atoms with Gasteiger partial charge in [-0.3, -0.25) is 19.3 Å². The summed E-state index contributed by atoms with van der Waals surface area (Å²) in [6, 6.07) is 13.4. The average Bonchev–Trinajstić information content (AvgIpc) is 3.32. The number of halogens is 3. The zero-order valence-electron chi connectivity index (χ0n) is 20.1. The minimum Gasteiger partial charge on any atom is -0.468 e. The number of benzene rings is 3. The summed E-state index contributed by atoms with van der Waals surface area (Å²) >= 11 is 3.14. The normalized spacial score (nSPS) is 16.8. The molecule has 1 aromatic heterocycles. The van der Waals surface area contributed by atoms with Gasteiger partial charge in [0.1, 0.15) is 22.7 Å². The van der Waals surface area contributed by atoms with Crippen molar-refractivity contribution in [2.75, 3.05) is 7.11 Å². The third kappa shape index (κ3) is 4.44. The van der Waals surface area contributed by atoms with Gasteiger partial charge in [-0.2, -0.15) is 0 Å². The van der Waals surface area contributed by atoms with Gasteiger partial charge in [-0.1, -0.05) is 39.0 Å². The van der Waals surface area contributed by atoms with Crippen molar-refractivity contribution in [3.8, 4) is 0 Å². The van der Waals surface area contributed by atoms with Gasteiger partial charge in [-0.05, 0) is 53.2 Å². The van der Waals surface area contributed by atoms with Crippen LogP contribution in [0, 0.1) is 11.6 Å². The lowest BCUT2D eigenvalue weighted by molar-refractivity contribution is -0.163. The van der Waals surface area contributed by atoms with E-state index in [1.54, 1.807) is 24.3 Å². The maximum Gasteiger partial charge on any atom is 0.337 e. The highest BCUT2D eigenvalue weighted by molar-refractivity contribution is 9.10. The Morgan fingerprint density at radius 1 is 1.05 bits per heavy atom. The number of esters is 1. The van der Waals surface area contributed by atoms with Gasteiger partial charge in [-0.15, -0.1) is 5.10 Å². The first kappa shape index (κ1) is 26.1. The van der Waals surface area contributed by atoms with Crippen molar-refractivity contribution < 1.29 is 37.5 Å². The lowest BCUT2D eigenvalue weighted by Gasteiger charge is -2.39. The molecule has 198 valence electrons. The number of para-hydroxylation sites is 1. The Morgan fingerprint density at radius 3 is 2.56 bits per heavy atom. The number of carbonyl (C=O) groups excluding carboxylic acids is 4. The molecule has 0 saturated carbocycles. The number of hydrogen-bond donors (Lipinski definition) is 0. The Morgan fingerprint density at radius 2 is 1.82 bits per heavy atom. The fourth-order valence-electron chi connectivity index (χ4n) is 4.48. The van der Waals surface area contributed by atoms with E-state index in [9.17, 15) is 28.0 Å². The molecule has 2 amide bonds. The molecule has 1 aliphatic rings.